The number of aromatic nitrogens is 3. The van der Waals surface area contributed by atoms with E-state index in [-0.39, 0.29) is 36.4 Å². The summed E-state index contributed by atoms with van der Waals surface area (Å²) >= 11 is 0. The van der Waals surface area contributed by atoms with Gasteiger partial charge in [0, 0.05) is 70.9 Å². The molecule has 3 aliphatic heterocycles. The average Bonchev–Trinajstić information content (AvgIpc) is 4.12. The molecule has 3 fully saturated rings. The molecule has 6 aromatic rings. The van der Waals surface area contributed by atoms with Crippen LogP contribution in [-0.2, 0) is 52.7 Å². The number of ether oxygens (including phenoxy) is 3. The van der Waals surface area contributed by atoms with Crippen LogP contribution in [0.25, 0.3) is 32.7 Å². The Hall–Kier alpha value is -6.03. The van der Waals surface area contributed by atoms with Gasteiger partial charge in [0.05, 0.1) is 18.1 Å². The molecular weight excluding hydrogens is 799 g/mol. The molecule has 3 atom stereocenters. The van der Waals surface area contributed by atoms with Gasteiger partial charge in [0.25, 0.3) is 0 Å². The van der Waals surface area contributed by atoms with E-state index in [0.29, 0.717) is 19.8 Å². The number of hydrogen-bond donors (Lipinski definition) is 6. The quantitative estimate of drug-likeness (QED) is 0.0702. The van der Waals surface area contributed by atoms with Gasteiger partial charge in [-0.1, -0.05) is 18.2 Å². The van der Waals surface area contributed by atoms with Gasteiger partial charge in [-0.15, -0.1) is 0 Å². The van der Waals surface area contributed by atoms with Gasteiger partial charge in [0.1, 0.15) is 19.8 Å². The largest absolute Gasteiger partial charge is 0.447 e. The first-order valence-electron chi connectivity index (χ1n) is 21.9. The number of carbonyl (C=O) groups excluding carboxylic acids is 3. The number of rotatable bonds is 15. The van der Waals surface area contributed by atoms with Gasteiger partial charge in [-0.05, 0) is 151 Å². The lowest BCUT2D eigenvalue weighted by Gasteiger charge is -2.09. The Labute approximate surface area is 369 Å². The smallest absolute Gasteiger partial charge is 0.407 e. The number of carbonyl (C=O) groups is 3. The van der Waals surface area contributed by atoms with Gasteiger partial charge >= 0.3 is 18.3 Å². The van der Waals surface area contributed by atoms with Gasteiger partial charge in [-0.3, -0.25) is 0 Å². The van der Waals surface area contributed by atoms with E-state index in [1.165, 1.54) is 66.1 Å². The predicted octanol–water partition coefficient (Wildman–Crippen LogP) is 5.77. The second kappa shape index (κ2) is 20.9. The summed E-state index contributed by atoms with van der Waals surface area (Å²) in [6.07, 6.45) is 10.9. The maximum Gasteiger partial charge on any atom is 0.407 e. The normalized spacial score (nSPS) is 18.2. The molecule has 0 radical (unpaired) electrons. The van der Waals surface area contributed by atoms with Crippen LogP contribution >= 0.6 is 0 Å². The van der Waals surface area contributed by atoms with Crippen molar-refractivity contribution in [1.29, 1.82) is 0 Å². The fourth-order valence-corrected chi connectivity index (χ4v) is 8.17. The first-order chi connectivity index (χ1) is 30.3. The van der Waals surface area contributed by atoms with Crippen molar-refractivity contribution >= 4 is 51.0 Å². The third kappa shape index (κ3) is 12.6. The Morgan fingerprint density at radius 3 is 0.984 bits per heavy atom. The van der Waals surface area contributed by atoms with Crippen LogP contribution in [0.5, 0.6) is 0 Å². The molecular formula is C48H63N9O6. The Kier molecular flexibility index (Phi) is 14.9. The van der Waals surface area contributed by atoms with E-state index in [1.54, 1.807) is 0 Å². The van der Waals surface area contributed by atoms with Gasteiger partial charge < -0.3 is 59.8 Å². The van der Waals surface area contributed by atoms with Crippen LogP contribution in [0.15, 0.2) is 73.2 Å². The first kappa shape index (κ1) is 45.0. The van der Waals surface area contributed by atoms with E-state index in [4.69, 9.17) is 14.2 Å². The van der Waals surface area contributed by atoms with Crippen molar-refractivity contribution < 1.29 is 28.6 Å². The van der Waals surface area contributed by atoms with Crippen molar-refractivity contribution in [3.05, 3.63) is 107 Å². The Morgan fingerprint density at radius 1 is 0.460 bits per heavy atom. The molecule has 0 saturated carbocycles. The van der Waals surface area contributed by atoms with Crippen LogP contribution in [0.2, 0.25) is 0 Å². The van der Waals surface area contributed by atoms with Crippen LogP contribution in [0.4, 0.5) is 14.4 Å². The third-order valence-electron chi connectivity index (χ3n) is 11.6. The number of cyclic esters (lactones) is 3. The summed E-state index contributed by atoms with van der Waals surface area (Å²) in [5, 5.41) is 12.3. The molecule has 15 nitrogen and oxygen atoms in total. The first-order valence-corrected chi connectivity index (χ1v) is 21.9. The molecule has 3 aromatic heterocycles. The van der Waals surface area contributed by atoms with E-state index >= 15 is 0 Å². The summed E-state index contributed by atoms with van der Waals surface area (Å²) in [5.41, 5.74) is 11.2. The highest BCUT2D eigenvalue weighted by molar-refractivity contribution is 5.85. The van der Waals surface area contributed by atoms with Gasteiger partial charge in [0.15, 0.2) is 0 Å². The monoisotopic (exact) mass is 861 g/mol. The molecule has 6 N–H and O–H groups in total. The molecule has 6 heterocycles. The molecule has 15 heteroatoms. The highest BCUT2D eigenvalue weighted by Crippen LogP contribution is 2.24. The van der Waals surface area contributed by atoms with Crippen molar-refractivity contribution in [1.82, 2.24) is 45.6 Å². The molecule has 3 amide bonds. The van der Waals surface area contributed by atoms with Gasteiger partial charge in [0.2, 0.25) is 0 Å². The molecule has 3 aromatic carbocycles. The maximum atomic E-state index is 11.1. The molecule has 9 rings (SSSR count). The fourth-order valence-electron chi connectivity index (χ4n) is 8.17. The molecule has 0 spiro atoms. The van der Waals surface area contributed by atoms with Crippen LogP contribution in [0, 0.1) is 0 Å². The number of benzene rings is 3. The number of H-pyrrole nitrogens is 3. The number of alkyl carbamates (subject to hydrolysis) is 3. The summed E-state index contributed by atoms with van der Waals surface area (Å²) in [5.74, 6) is 0. The Morgan fingerprint density at radius 2 is 0.746 bits per heavy atom. The number of nitrogens with zero attached hydrogens (tertiary/aromatic N) is 3. The van der Waals surface area contributed by atoms with Crippen molar-refractivity contribution in [2.75, 3.05) is 81.7 Å². The number of amides is 3. The standard InChI is InChI=1S/3C16H21N3O2/c3*1-19(2)6-5-12-9-17-15-4-3-11(8-14(12)15)7-13-10-21-16(20)18-13/h3*3-4,8-9,13,17H,5-7,10H2,1-2H3,(H,18,20)/t3*13-/m000/s1. The minimum absolute atomic E-state index is 0.0825. The average molecular weight is 862 g/mol. The van der Waals surface area contributed by atoms with Crippen LogP contribution < -0.4 is 16.0 Å². The van der Waals surface area contributed by atoms with Crippen molar-refractivity contribution in [3.63, 3.8) is 0 Å². The predicted molar refractivity (Wildman–Crippen MR) is 248 cm³/mol. The molecule has 0 bridgehead atoms. The maximum absolute atomic E-state index is 11.1. The third-order valence-corrected chi connectivity index (χ3v) is 11.6. The lowest BCUT2D eigenvalue weighted by atomic mass is 10.0. The lowest BCUT2D eigenvalue weighted by molar-refractivity contribution is 0.176. The number of likely N-dealkylation sites (N-methyl/N-ethyl adjacent to an activating group) is 3. The van der Waals surface area contributed by atoms with Crippen molar-refractivity contribution in [2.45, 2.75) is 56.7 Å². The highest BCUT2D eigenvalue weighted by atomic mass is 16.6. The van der Waals surface area contributed by atoms with E-state index in [2.05, 4.69) is 161 Å². The molecule has 0 aliphatic carbocycles. The Bertz CT molecular complexity index is 2220. The second-order valence-electron chi connectivity index (χ2n) is 17.7. The number of nitrogens with one attached hydrogen (secondary N) is 6. The van der Waals surface area contributed by atoms with Gasteiger partial charge in [-0.2, -0.15) is 0 Å². The highest BCUT2D eigenvalue weighted by Gasteiger charge is 2.24. The second-order valence-corrected chi connectivity index (χ2v) is 17.7. The summed E-state index contributed by atoms with van der Waals surface area (Å²) in [6, 6.07) is 19.6. The summed E-state index contributed by atoms with van der Waals surface area (Å²) in [7, 11) is 12.5. The van der Waals surface area contributed by atoms with Crippen molar-refractivity contribution in [3.8, 4) is 0 Å². The topological polar surface area (TPSA) is 172 Å². The zero-order valence-electron chi connectivity index (χ0n) is 37.4. The zero-order chi connectivity index (χ0) is 44.5. The fraction of sp³-hybridized carbons (Fsp3) is 0.438. The van der Waals surface area contributed by atoms with Crippen LogP contribution in [0.1, 0.15) is 33.4 Å². The summed E-state index contributed by atoms with van der Waals surface area (Å²) < 4.78 is 14.8. The zero-order valence-corrected chi connectivity index (χ0v) is 37.4. The van der Waals surface area contributed by atoms with Gasteiger partial charge in [-0.25, -0.2) is 14.4 Å². The molecule has 63 heavy (non-hydrogen) atoms. The molecule has 336 valence electrons. The number of aromatic amines is 3. The minimum atomic E-state index is -0.311. The van der Waals surface area contributed by atoms with Crippen LogP contribution in [0.3, 0.4) is 0 Å². The van der Waals surface area contributed by atoms with E-state index in [0.717, 1.165) is 58.2 Å². The molecule has 3 aliphatic rings. The summed E-state index contributed by atoms with van der Waals surface area (Å²) in [6.45, 7) is 4.46. The Balaban J connectivity index is 0.000000142. The number of hydrogen-bond acceptors (Lipinski definition) is 9. The van der Waals surface area contributed by atoms with E-state index < -0.39 is 0 Å². The number of fused-ring (bicyclic) bond motifs is 3. The van der Waals surface area contributed by atoms with Crippen LogP contribution in [-0.4, -0.2) is 148 Å². The van der Waals surface area contributed by atoms with E-state index in [9.17, 15) is 14.4 Å². The lowest BCUT2D eigenvalue weighted by Crippen LogP contribution is -2.28. The molecule has 3 saturated heterocycles. The van der Waals surface area contributed by atoms with E-state index in [1.807, 2.05) is 0 Å². The minimum Gasteiger partial charge on any atom is -0.447 e. The molecule has 0 unspecified atom stereocenters. The summed E-state index contributed by atoms with van der Waals surface area (Å²) in [4.78, 5) is 49.8. The SMILES string of the molecule is CN(C)CCc1c[nH]c2ccc(C[C@H]3COC(=O)N3)cc12.CN(C)CCc1c[nH]c2ccc(C[C@H]3COC(=O)N3)cc12.CN(C)CCc1c[nH]c2ccc(C[C@H]3COC(=O)N3)cc12. The van der Waals surface area contributed by atoms with Crippen molar-refractivity contribution in [2.24, 2.45) is 0 Å².